The topological polar surface area (TPSA) is 52.2 Å². The van der Waals surface area contributed by atoms with Crippen molar-refractivity contribution in [3.8, 4) is 5.95 Å². The molecule has 11 aromatic rings. The minimum absolute atomic E-state index is 0.758. The summed E-state index contributed by atoms with van der Waals surface area (Å²) >= 11 is 0. The van der Waals surface area contributed by atoms with Gasteiger partial charge < -0.3 is 4.57 Å². The number of nitrogens with zero attached hydrogens (tertiary/aromatic N) is 4. The van der Waals surface area contributed by atoms with Gasteiger partial charge in [-0.1, -0.05) is 115 Å². The molecule has 0 fully saturated rings. The van der Waals surface area contributed by atoms with E-state index in [1.54, 1.807) is 0 Å². The fourth-order valence-corrected chi connectivity index (χ4v) is 10.7. The lowest BCUT2D eigenvalue weighted by Crippen LogP contribution is -2.25. The highest BCUT2D eigenvalue weighted by Crippen LogP contribution is 2.45. The molecule has 0 spiro atoms. The highest BCUT2D eigenvalue weighted by molar-refractivity contribution is 7.85. The highest BCUT2D eigenvalue weighted by Gasteiger charge is 2.31. The van der Waals surface area contributed by atoms with Gasteiger partial charge in [0.1, 0.15) is 5.65 Å². The molecule has 0 unspecified atom stereocenters. The molecule has 3 heterocycles. The molecule has 6 heteroatoms. The van der Waals surface area contributed by atoms with Gasteiger partial charge in [-0.05, 0) is 82.2 Å². The third-order valence-corrected chi connectivity index (χ3v) is 13.6. The van der Waals surface area contributed by atoms with Gasteiger partial charge in [0.25, 0.3) is 0 Å². The molecule has 0 atom stereocenters. The van der Waals surface area contributed by atoms with Crippen LogP contribution in [0.5, 0.6) is 0 Å². The zero-order valence-corrected chi connectivity index (χ0v) is 28.8. The van der Waals surface area contributed by atoms with Gasteiger partial charge in [0, 0.05) is 32.1 Å². The second-order valence-corrected chi connectivity index (χ2v) is 16.2. The Morgan fingerprint density at radius 2 is 0.923 bits per heavy atom. The Balaban J connectivity index is 1.22. The fourth-order valence-electron chi connectivity index (χ4n) is 8.04. The summed E-state index contributed by atoms with van der Waals surface area (Å²) in [6, 6.07) is 60.2. The van der Waals surface area contributed by atoms with Gasteiger partial charge >= 0.3 is 0 Å². The lowest BCUT2D eigenvalue weighted by atomic mass is 10.1. The number of fused-ring (bicyclic) bond motifs is 10. The van der Waals surface area contributed by atoms with Crippen molar-refractivity contribution < 1.29 is 4.57 Å². The van der Waals surface area contributed by atoms with Gasteiger partial charge in [-0.3, -0.25) is 8.97 Å². The molecule has 0 N–H and O–H groups in total. The first-order valence-electron chi connectivity index (χ1n) is 17.4. The average molecular weight is 685 g/mol. The summed E-state index contributed by atoms with van der Waals surface area (Å²) in [4.78, 5) is 10.4. The minimum atomic E-state index is -3.36. The first-order chi connectivity index (χ1) is 25.6. The van der Waals surface area contributed by atoms with Crippen LogP contribution in [0.15, 0.2) is 176 Å². The molecule has 0 aliphatic carbocycles. The van der Waals surface area contributed by atoms with E-state index in [1.165, 1.54) is 0 Å². The van der Waals surface area contributed by atoms with Crippen molar-refractivity contribution in [2.24, 2.45) is 0 Å². The van der Waals surface area contributed by atoms with Gasteiger partial charge in [-0.15, -0.1) is 0 Å². The summed E-state index contributed by atoms with van der Waals surface area (Å²) in [5.74, 6) is 0.758. The third kappa shape index (κ3) is 4.14. The molecule has 244 valence electrons. The van der Waals surface area contributed by atoms with Crippen LogP contribution in [0, 0.1) is 0 Å². The number of imidazole rings is 1. The number of aromatic nitrogens is 4. The molecule has 11 rings (SSSR count). The summed E-state index contributed by atoms with van der Waals surface area (Å²) in [6.07, 6.45) is 0. The zero-order chi connectivity index (χ0) is 34.4. The Morgan fingerprint density at radius 3 is 1.63 bits per heavy atom. The summed E-state index contributed by atoms with van der Waals surface area (Å²) < 4.78 is 20.6. The van der Waals surface area contributed by atoms with E-state index in [2.05, 4.69) is 118 Å². The van der Waals surface area contributed by atoms with Crippen molar-refractivity contribution in [3.63, 3.8) is 0 Å². The summed E-state index contributed by atoms with van der Waals surface area (Å²) in [7, 11) is -3.36. The number of hydrogen-bond donors (Lipinski definition) is 0. The van der Waals surface area contributed by atoms with Gasteiger partial charge in [-0.2, -0.15) is 0 Å². The lowest BCUT2D eigenvalue weighted by Gasteiger charge is -2.21. The third-order valence-electron chi connectivity index (χ3n) is 10.5. The van der Waals surface area contributed by atoms with Gasteiger partial charge in [0.15, 0.2) is 7.14 Å². The van der Waals surface area contributed by atoms with Crippen LogP contribution in [0.1, 0.15) is 0 Å². The Labute approximate surface area is 298 Å². The van der Waals surface area contributed by atoms with Crippen LogP contribution in [-0.4, -0.2) is 18.9 Å². The van der Waals surface area contributed by atoms with Crippen molar-refractivity contribution in [1.82, 2.24) is 18.9 Å². The molecule has 0 radical (unpaired) electrons. The van der Waals surface area contributed by atoms with Crippen LogP contribution in [0.2, 0.25) is 0 Å². The van der Waals surface area contributed by atoms with Crippen LogP contribution >= 0.6 is 7.14 Å². The van der Waals surface area contributed by atoms with E-state index >= 15 is 4.57 Å². The van der Waals surface area contributed by atoms with Crippen LogP contribution in [-0.2, 0) is 4.57 Å². The zero-order valence-electron chi connectivity index (χ0n) is 27.9. The molecule has 0 saturated carbocycles. The predicted molar refractivity (Wildman–Crippen MR) is 217 cm³/mol. The molecule has 0 amide bonds. The molecular formula is C46H29N4OP. The quantitative estimate of drug-likeness (QED) is 0.174. The molecule has 52 heavy (non-hydrogen) atoms. The number of hydrogen-bond acceptors (Lipinski definition) is 3. The first-order valence-corrected chi connectivity index (χ1v) is 19.1. The van der Waals surface area contributed by atoms with Crippen LogP contribution in [0.25, 0.3) is 76.9 Å². The minimum Gasteiger partial charge on any atom is -0.309 e. The normalized spacial score (nSPS) is 12.3. The van der Waals surface area contributed by atoms with Crippen molar-refractivity contribution >= 4 is 94.0 Å². The molecular weight excluding hydrogens is 656 g/mol. The van der Waals surface area contributed by atoms with E-state index in [0.717, 1.165) is 92.8 Å². The molecule has 0 aliphatic heterocycles. The van der Waals surface area contributed by atoms with Gasteiger partial charge in [-0.25, -0.2) is 9.97 Å². The second-order valence-electron chi connectivity index (χ2n) is 13.4. The number of para-hydroxylation sites is 4. The van der Waals surface area contributed by atoms with Gasteiger partial charge in [0.2, 0.25) is 5.95 Å². The largest absolute Gasteiger partial charge is 0.309 e. The van der Waals surface area contributed by atoms with Crippen LogP contribution < -0.4 is 15.9 Å². The molecule has 0 aliphatic rings. The van der Waals surface area contributed by atoms with Gasteiger partial charge in [0.05, 0.1) is 27.6 Å². The number of benzene rings is 8. The van der Waals surface area contributed by atoms with E-state index in [-0.39, 0.29) is 0 Å². The monoisotopic (exact) mass is 684 g/mol. The second kappa shape index (κ2) is 11.0. The predicted octanol–water partition coefficient (Wildman–Crippen LogP) is 10.1. The Bertz CT molecular complexity index is 3220. The maximum absolute atomic E-state index is 16.2. The Morgan fingerprint density at radius 1 is 0.404 bits per heavy atom. The molecule has 8 aromatic carbocycles. The van der Waals surface area contributed by atoms with Crippen molar-refractivity contribution in [2.75, 3.05) is 0 Å². The Kier molecular flexibility index (Phi) is 6.16. The lowest BCUT2D eigenvalue weighted by molar-refractivity contribution is 0.592. The van der Waals surface area contributed by atoms with E-state index in [9.17, 15) is 0 Å². The standard InChI is InChI=1S/C46H29N4OP/c51-52(34-23-21-30-11-1-3-13-32(30)27-34,35-24-22-31-12-2-4-14-33(31)28-35)36-25-26-43-39(29-36)37-15-6-9-19-42(37)49(43)46-48-40-17-7-5-16-38(40)45-47-41-18-8-10-20-44(41)50(45)46/h1-29H. The average Bonchev–Trinajstić information content (AvgIpc) is 3.76. The van der Waals surface area contributed by atoms with Crippen molar-refractivity contribution in [2.45, 2.75) is 0 Å². The first kappa shape index (κ1) is 29.2. The van der Waals surface area contributed by atoms with E-state index in [4.69, 9.17) is 9.97 Å². The summed E-state index contributed by atoms with van der Waals surface area (Å²) in [5, 5.41) is 9.87. The maximum atomic E-state index is 16.2. The summed E-state index contributed by atoms with van der Waals surface area (Å²) in [6.45, 7) is 0. The highest BCUT2D eigenvalue weighted by atomic mass is 31.2. The van der Waals surface area contributed by atoms with E-state index in [1.807, 2.05) is 66.7 Å². The summed E-state index contributed by atoms with van der Waals surface area (Å²) in [5.41, 5.74) is 5.64. The Hall–Kier alpha value is -6.55. The number of rotatable bonds is 4. The van der Waals surface area contributed by atoms with E-state index in [0.29, 0.717) is 0 Å². The molecule has 3 aromatic heterocycles. The van der Waals surface area contributed by atoms with Crippen LogP contribution in [0.3, 0.4) is 0 Å². The smallest absolute Gasteiger partial charge is 0.221 e. The SMILES string of the molecule is O=P(c1ccc2ccccc2c1)(c1ccc2ccccc2c1)c1ccc2c(c1)c1ccccc1n2-c1nc2ccccc2c2nc3ccccc3n12. The van der Waals surface area contributed by atoms with Crippen LogP contribution in [0.4, 0.5) is 0 Å². The van der Waals surface area contributed by atoms with E-state index < -0.39 is 7.14 Å². The van der Waals surface area contributed by atoms with Crippen molar-refractivity contribution in [3.05, 3.63) is 176 Å². The maximum Gasteiger partial charge on any atom is 0.221 e. The molecule has 0 saturated heterocycles. The van der Waals surface area contributed by atoms with Crippen molar-refractivity contribution in [1.29, 1.82) is 0 Å². The fraction of sp³-hybridized carbons (Fsp3) is 0. The molecule has 0 bridgehead atoms. The molecule has 5 nitrogen and oxygen atoms in total.